The Morgan fingerprint density at radius 1 is 0.923 bits per heavy atom. The summed E-state index contributed by atoms with van der Waals surface area (Å²) >= 11 is 0. The van der Waals surface area contributed by atoms with Gasteiger partial charge in [-0.25, -0.2) is 4.86 Å². The molecule has 1 saturated heterocycles. The molecule has 0 aromatic carbocycles. The standard InChI is InChI=1S/C14H34N3O6P3/c1-7-13-21-17-25(23-14(8-2,18-9-3)19-10-4)15-24-16(20-11-5)26(17)22-12-6/h15,24H,7-13H2,1-6H3. The predicted molar refractivity (Wildman–Crippen MR) is 106 cm³/mol. The lowest BCUT2D eigenvalue weighted by Gasteiger charge is -2.45. The third-order valence-corrected chi connectivity index (χ3v) is 8.44. The molecule has 3 atom stereocenters. The van der Waals surface area contributed by atoms with Gasteiger partial charge in [-0.05, 0) is 34.1 Å². The largest absolute Gasteiger partial charge is 0.328 e. The van der Waals surface area contributed by atoms with Crippen LogP contribution in [0, 0.1) is 0 Å². The fourth-order valence-corrected chi connectivity index (χ4v) is 7.95. The van der Waals surface area contributed by atoms with Crippen LogP contribution in [0.5, 0.6) is 0 Å². The van der Waals surface area contributed by atoms with Crippen molar-refractivity contribution < 1.29 is 28.2 Å². The Balaban J connectivity index is 3.00. The molecule has 0 aliphatic carbocycles. The molecule has 0 spiro atoms. The Labute approximate surface area is 162 Å². The minimum atomic E-state index is -1.35. The van der Waals surface area contributed by atoms with Crippen LogP contribution in [0.1, 0.15) is 54.4 Å². The number of hydrogen-bond donors (Lipinski definition) is 1. The summed E-state index contributed by atoms with van der Waals surface area (Å²) in [6, 6.07) is 0. The quantitative estimate of drug-likeness (QED) is 0.312. The van der Waals surface area contributed by atoms with E-state index in [0.717, 1.165) is 6.42 Å². The zero-order chi connectivity index (χ0) is 19.4. The second-order valence-corrected chi connectivity index (χ2v) is 9.74. The van der Waals surface area contributed by atoms with E-state index in [9.17, 15) is 0 Å². The first-order valence-corrected chi connectivity index (χ1v) is 12.5. The first-order chi connectivity index (χ1) is 12.6. The summed E-state index contributed by atoms with van der Waals surface area (Å²) in [6.07, 6.45) is 1.43. The van der Waals surface area contributed by atoms with Gasteiger partial charge in [-0.1, -0.05) is 23.1 Å². The normalized spacial score (nSPS) is 23.8. The molecular weight excluding hydrogens is 399 g/mol. The number of nitrogens with one attached hydrogen (secondary N) is 1. The molecule has 1 heterocycles. The van der Waals surface area contributed by atoms with Crippen LogP contribution < -0.4 is 4.86 Å². The van der Waals surface area contributed by atoms with Gasteiger partial charge in [0.1, 0.15) is 0 Å². The van der Waals surface area contributed by atoms with Crippen LogP contribution in [0.4, 0.5) is 0 Å². The van der Waals surface area contributed by atoms with Gasteiger partial charge < -0.3 is 14.0 Å². The molecule has 12 heteroatoms. The van der Waals surface area contributed by atoms with Crippen molar-refractivity contribution in [3.05, 3.63) is 0 Å². The molecule has 26 heavy (non-hydrogen) atoms. The molecule has 1 aliphatic rings. The topological polar surface area (TPSA) is 73.9 Å². The molecule has 1 N–H and O–H groups in total. The van der Waals surface area contributed by atoms with Crippen molar-refractivity contribution >= 4 is 25.8 Å². The number of ether oxygens (including phenoxy) is 2. The maximum atomic E-state index is 6.29. The van der Waals surface area contributed by atoms with Crippen LogP contribution in [0.15, 0.2) is 0 Å². The van der Waals surface area contributed by atoms with E-state index in [2.05, 4.69) is 11.8 Å². The average Bonchev–Trinajstić information content (AvgIpc) is 2.63. The van der Waals surface area contributed by atoms with Gasteiger partial charge in [0.15, 0.2) is 0 Å². The first-order valence-electron chi connectivity index (χ1n) is 9.18. The molecule has 0 aromatic rings. The maximum absolute atomic E-state index is 6.29. The van der Waals surface area contributed by atoms with E-state index in [0.29, 0.717) is 39.5 Å². The summed E-state index contributed by atoms with van der Waals surface area (Å²) in [4.78, 5) is 15.1. The van der Waals surface area contributed by atoms with Gasteiger partial charge >= 0.3 is 0 Å². The van der Waals surface area contributed by atoms with E-state index in [4.69, 9.17) is 28.2 Å². The van der Waals surface area contributed by atoms with Crippen LogP contribution in [0.25, 0.3) is 0 Å². The SMILES string of the molecule is CCCON1P(OC(CC)(OCC)OCC)NPN(OCC)P1OCC. The lowest BCUT2D eigenvalue weighted by molar-refractivity contribution is -0.342. The van der Waals surface area contributed by atoms with Crippen molar-refractivity contribution in [3.8, 4) is 0 Å². The van der Waals surface area contributed by atoms with Gasteiger partial charge in [0.05, 0.1) is 28.7 Å². The summed E-state index contributed by atoms with van der Waals surface area (Å²) in [6.45, 7) is 14.4. The number of hydrogen-bond acceptors (Lipinski definition) is 9. The van der Waals surface area contributed by atoms with Crippen molar-refractivity contribution in [2.45, 2.75) is 60.4 Å². The molecule has 0 aromatic heterocycles. The second-order valence-electron chi connectivity index (χ2n) is 4.94. The highest BCUT2D eigenvalue weighted by Gasteiger charge is 2.46. The zero-order valence-corrected chi connectivity index (χ0v) is 19.5. The van der Waals surface area contributed by atoms with E-state index < -0.39 is 22.9 Å². The second kappa shape index (κ2) is 14.0. The van der Waals surface area contributed by atoms with E-state index in [1.165, 1.54) is 0 Å². The minimum absolute atomic E-state index is 0.189. The average molecular weight is 433 g/mol. The lowest BCUT2D eigenvalue weighted by Crippen LogP contribution is -2.41. The Morgan fingerprint density at radius 2 is 1.62 bits per heavy atom. The highest BCUT2D eigenvalue weighted by atomic mass is 31.3. The maximum Gasteiger partial charge on any atom is 0.287 e. The summed E-state index contributed by atoms with van der Waals surface area (Å²) in [7, 11) is -2.42. The predicted octanol–water partition coefficient (Wildman–Crippen LogP) is 4.64. The fraction of sp³-hybridized carbons (Fsp3) is 1.00. The summed E-state index contributed by atoms with van der Waals surface area (Å²) in [5.41, 5.74) is 0. The highest BCUT2D eigenvalue weighted by Crippen LogP contribution is 2.67. The van der Waals surface area contributed by atoms with Crippen LogP contribution in [-0.2, 0) is 28.2 Å². The molecule has 1 aliphatic heterocycles. The van der Waals surface area contributed by atoms with Crippen molar-refractivity contribution in [2.75, 3.05) is 33.0 Å². The van der Waals surface area contributed by atoms with Crippen LogP contribution in [0.3, 0.4) is 0 Å². The van der Waals surface area contributed by atoms with Crippen molar-refractivity contribution in [1.29, 1.82) is 0 Å². The van der Waals surface area contributed by atoms with Crippen LogP contribution in [0.2, 0.25) is 0 Å². The van der Waals surface area contributed by atoms with E-state index in [-0.39, 0.29) is 8.88 Å². The summed E-state index contributed by atoms with van der Waals surface area (Å²) < 4.78 is 27.4. The molecule has 1 fully saturated rings. The van der Waals surface area contributed by atoms with Crippen LogP contribution in [-0.4, -0.2) is 48.2 Å². The van der Waals surface area contributed by atoms with Gasteiger partial charge in [-0.2, -0.15) is 0 Å². The number of rotatable bonds is 14. The van der Waals surface area contributed by atoms with Crippen molar-refractivity contribution in [2.24, 2.45) is 0 Å². The molecule has 9 nitrogen and oxygen atoms in total. The third kappa shape index (κ3) is 7.40. The lowest BCUT2D eigenvalue weighted by atomic mass is 10.4. The van der Waals surface area contributed by atoms with Gasteiger partial charge in [0.2, 0.25) is 16.9 Å². The van der Waals surface area contributed by atoms with Gasteiger partial charge in [-0.15, -0.1) is 0 Å². The molecule has 3 unspecified atom stereocenters. The smallest absolute Gasteiger partial charge is 0.287 e. The van der Waals surface area contributed by atoms with Gasteiger partial charge in [0.25, 0.3) is 5.97 Å². The van der Waals surface area contributed by atoms with E-state index in [1.54, 1.807) is 9.21 Å². The summed E-state index contributed by atoms with van der Waals surface area (Å²) in [5, 5.41) is 0. The monoisotopic (exact) mass is 433 g/mol. The molecule has 1 rings (SSSR count). The Morgan fingerprint density at radius 3 is 2.12 bits per heavy atom. The molecule has 0 bridgehead atoms. The van der Waals surface area contributed by atoms with E-state index in [1.807, 2.05) is 34.6 Å². The molecular formula is C14H34N3O6P3. The molecule has 0 saturated carbocycles. The molecule has 0 radical (unpaired) electrons. The van der Waals surface area contributed by atoms with E-state index >= 15 is 0 Å². The Hall–Kier alpha value is 0.930. The Kier molecular flexibility index (Phi) is 13.4. The highest BCUT2D eigenvalue weighted by molar-refractivity contribution is 7.74. The zero-order valence-electron chi connectivity index (χ0n) is 16.7. The third-order valence-electron chi connectivity index (χ3n) is 2.99. The minimum Gasteiger partial charge on any atom is -0.328 e. The van der Waals surface area contributed by atoms with Gasteiger partial charge in [-0.3, -0.25) is 14.2 Å². The fourth-order valence-electron chi connectivity index (χ4n) is 2.00. The summed E-state index contributed by atoms with van der Waals surface area (Å²) in [5.74, 6) is -1.11. The van der Waals surface area contributed by atoms with Crippen molar-refractivity contribution in [1.82, 2.24) is 14.1 Å². The van der Waals surface area contributed by atoms with Crippen molar-refractivity contribution in [3.63, 3.8) is 0 Å². The van der Waals surface area contributed by atoms with Crippen LogP contribution >= 0.6 is 25.8 Å². The number of nitrogens with zero attached hydrogens (tertiary/aromatic N) is 2. The Bertz CT molecular complexity index is 369. The van der Waals surface area contributed by atoms with Gasteiger partial charge in [0, 0.05) is 19.6 Å². The molecule has 0 amide bonds. The molecule has 156 valence electrons. The first kappa shape index (κ1) is 25.0.